The van der Waals surface area contributed by atoms with Crippen LogP contribution in [0.4, 0.5) is 0 Å². The minimum absolute atomic E-state index is 0.516. The van der Waals surface area contributed by atoms with Crippen molar-refractivity contribution >= 4 is 0 Å². The zero-order valence-electron chi connectivity index (χ0n) is 11.1. The second-order valence-electron chi connectivity index (χ2n) is 7.15. The Hall–Kier alpha value is -0.0400. The van der Waals surface area contributed by atoms with E-state index in [1.807, 2.05) is 0 Å². The van der Waals surface area contributed by atoms with Crippen LogP contribution in [0.3, 0.4) is 0 Å². The molecule has 15 heavy (non-hydrogen) atoms. The number of hydrogen-bond acceptors (Lipinski definition) is 1. The fourth-order valence-corrected chi connectivity index (χ4v) is 4.17. The first-order valence-corrected chi connectivity index (χ1v) is 6.59. The van der Waals surface area contributed by atoms with E-state index in [2.05, 4.69) is 39.9 Å². The number of fused-ring (bicyclic) bond motifs is 2. The van der Waals surface area contributed by atoms with E-state index >= 15 is 0 Å². The molecule has 0 spiro atoms. The van der Waals surface area contributed by atoms with Gasteiger partial charge in [-0.1, -0.05) is 34.6 Å². The molecule has 2 rings (SSSR count). The van der Waals surface area contributed by atoms with Crippen molar-refractivity contribution in [1.82, 2.24) is 5.32 Å². The average molecular weight is 209 g/mol. The molecule has 0 aromatic carbocycles. The summed E-state index contributed by atoms with van der Waals surface area (Å²) in [6.45, 7) is 13.2. The van der Waals surface area contributed by atoms with Crippen molar-refractivity contribution in [1.29, 1.82) is 0 Å². The van der Waals surface area contributed by atoms with Crippen LogP contribution in [0.25, 0.3) is 0 Å². The number of nitrogens with one attached hydrogen (secondary N) is 1. The van der Waals surface area contributed by atoms with E-state index in [4.69, 9.17) is 0 Å². The van der Waals surface area contributed by atoms with Crippen LogP contribution in [0.5, 0.6) is 0 Å². The molecule has 2 bridgehead atoms. The highest BCUT2D eigenvalue weighted by molar-refractivity contribution is 5.11. The van der Waals surface area contributed by atoms with Crippen LogP contribution in [0.1, 0.15) is 53.9 Å². The Kier molecular flexibility index (Phi) is 2.65. The van der Waals surface area contributed by atoms with Gasteiger partial charge in [0, 0.05) is 6.04 Å². The largest absolute Gasteiger partial charge is 0.313 e. The van der Waals surface area contributed by atoms with Crippen LogP contribution < -0.4 is 5.32 Å². The predicted molar refractivity (Wildman–Crippen MR) is 65.9 cm³/mol. The molecule has 0 amide bonds. The maximum atomic E-state index is 3.84. The number of hydrogen-bond donors (Lipinski definition) is 1. The van der Waals surface area contributed by atoms with Crippen molar-refractivity contribution in [3.05, 3.63) is 0 Å². The van der Waals surface area contributed by atoms with Gasteiger partial charge in [0.1, 0.15) is 0 Å². The van der Waals surface area contributed by atoms with Gasteiger partial charge in [0.15, 0.2) is 0 Å². The summed E-state index contributed by atoms with van der Waals surface area (Å²) in [6.07, 6.45) is 4.36. The van der Waals surface area contributed by atoms with Crippen molar-refractivity contribution < 1.29 is 0 Å². The topological polar surface area (TPSA) is 12.0 Å². The molecule has 1 N–H and O–H groups in total. The van der Waals surface area contributed by atoms with Crippen LogP contribution in [0.15, 0.2) is 0 Å². The Morgan fingerprint density at radius 1 is 1.27 bits per heavy atom. The van der Waals surface area contributed by atoms with Gasteiger partial charge < -0.3 is 5.32 Å². The highest BCUT2D eigenvalue weighted by atomic mass is 15.0. The summed E-state index contributed by atoms with van der Waals surface area (Å²) in [5.74, 6) is 1.73. The zero-order chi connectivity index (χ0) is 11.3. The second-order valence-corrected chi connectivity index (χ2v) is 7.15. The van der Waals surface area contributed by atoms with Crippen LogP contribution >= 0.6 is 0 Å². The molecule has 1 heteroatoms. The summed E-state index contributed by atoms with van der Waals surface area (Å²) in [4.78, 5) is 0. The highest BCUT2D eigenvalue weighted by Crippen LogP contribution is 2.62. The average Bonchev–Trinajstić information content (AvgIpc) is 2.54. The lowest BCUT2D eigenvalue weighted by molar-refractivity contribution is 0.106. The van der Waals surface area contributed by atoms with E-state index in [1.165, 1.54) is 25.8 Å². The lowest BCUT2D eigenvalue weighted by Crippen LogP contribution is -2.51. The molecular formula is C14H27N. The van der Waals surface area contributed by atoms with Gasteiger partial charge in [-0.25, -0.2) is 0 Å². The molecule has 3 atom stereocenters. The molecule has 0 aromatic rings. The van der Waals surface area contributed by atoms with Gasteiger partial charge >= 0.3 is 0 Å². The lowest BCUT2D eigenvalue weighted by atomic mass is 9.68. The third kappa shape index (κ3) is 1.73. The van der Waals surface area contributed by atoms with Crippen molar-refractivity contribution in [3.63, 3.8) is 0 Å². The minimum Gasteiger partial charge on any atom is -0.313 e. The SMILES string of the molecule is CC(C)CNC1C(C)(C)[C@H]2CC[C@]1(C)C2. The van der Waals surface area contributed by atoms with Gasteiger partial charge in [-0.05, 0) is 48.5 Å². The maximum absolute atomic E-state index is 3.84. The fraction of sp³-hybridized carbons (Fsp3) is 1.00. The quantitative estimate of drug-likeness (QED) is 0.750. The monoisotopic (exact) mass is 209 g/mol. The van der Waals surface area contributed by atoms with Crippen LogP contribution in [-0.2, 0) is 0 Å². The van der Waals surface area contributed by atoms with Crippen molar-refractivity contribution in [2.45, 2.75) is 59.9 Å². The van der Waals surface area contributed by atoms with Crippen LogP contribution in [0, 0.1) is 22.7 Å². The minimum atomic E-state index is 0.516. The van der Waals surface area contributed by atoms with Crippen molar-refractivity contribution in [2.75, 3.05) is 6.54 Å². The summed E-state index contributed by atoms with van der Waals surface area (Å²) in [5.41, 5.74) is 1.10. The van der Waals surface area contributed by atoms with E-state index in [1.54, 1.807) is 0 Å². The maximum Gasteiger partial charge on any atom is 0.0175 e. The van der Waals surface area contributed by atoms with Crippen molar-refractivity contribution in [2.24, 2.45) is 22.7 Å². The molecule has 0 aliphatic heterocycles. The van der Waals surface area contributed by atoms with Crippen LogP contribution in [-0.4, -0.2) is 12.6 Å². The Morgan fingerprint density at radius 2 is 1.93 bits per heavy atom. The second kappa shape index (κ2) is 3.48. The smallest absolute Gasteiger partial charge is 0.0175 e. The van der Waals surface area contributed by atoms with E-state index in [-0.39, 0.29) is 0 Å². The fourth-order valence-electron chi connectivity index (χ4n) is 4.17. The molecule has 2 fully saturated rings. The Bertz CT molecular complexity index is 239. The van der Waals surface area contributed by atoms with Crippen LogP contribution in [0.2, 0.25) is 0 Å². The van der Waals surface area contributed by atoms with E-state index < -0.39 is 0 Å². The van der Waals surface area contributed by atoms with Gasteiger partial charge in [-0.2, -0.15) is 0 Å². The Morgan fingerprint density at radius 3 is 2.40 bits per heavy atom. The molecule has 0 heterocycles. The molecule has 1 nitrogen and oxygen atoms in total. The lowest BCUT2D eigenvalue weighted by Gasteiger charge is -2.43. The first-order chi connectivity index (χ1) is 6.86. The van der Waals surface area contributed by atoms with Crippen molar-refractivity contribution in [3.8, 4) is 0 Å². The van der Waals surface area contributed by atoms with Gasteiger partial charge in [0.2, 0.25) is 0 Å². The normalized spacial score (nSPS) is 42.8. The predicted octanol–water partition coefficient (Wildman–Crippen LogP) is 3.45. The Balaban J connectivity index is 2.09. The summed E-state index contributed by atoms with van der Waals surface area (Å²) >= 11 is 0. The van der Waals surface area contributed by atoms with Gasteiger partial charge in [0.05, 0.1) is 0 Å². The first kappa shape index (κ1) is 11.4. The molecule has 0 radical (unpaired) electrons. The molecule has 0 saturated heterocycles. The molecule has 1 unspecified atom stereocenters. The third-order valence-electron chi connectivity index (χ3n) is 5.00. The molecule has 2 aliphatic carbocycles. The third-order valence-corrected chi connectivity index (χ3v) is 5.00. The summed E-state index contributed by atoms with van der Waals surface area (Å²) in [5, 5.41) is 3.84. The van der Waals surface area contributed by atoms with E-state index in [0.717, 1.165) is 17.9 Å². The molecule has 88 valence electrons. The van der Waals surface area contributed by atoms with Gasteiger partial charge in [0.25, 0.3) is 0 Å². The molecular weight excluding hydrogens is 182 g/mol. The summed E-state index contributed by atoms with van der Waals surface area (Å²) in [7, 11) is 0. The highest BCUT2D eigenvalue weighted by Gasteiger charge is 2.58. The first-order valence-electron chi connectivity index (χ1n) is 6.59. The molecule has 2 aliphatic rings. The Labute approximate surface area is 95.0 Å². The van der Waals surface area contributed by atoms with Gasteiger partial charge in [-0.15, -0.1) is 0 Å². The summed E-state index contributed by atoms with van der Waals surface area (Å²) in [6, 6.07) is 0.742. The van der Waals surface area contributed by atoms with Gasteiger partial charge in [-0.3, -0.25) is 0 Å². The molecule has 2 saturated carbocycles. The zero-order valence-corrected chi connectivity index (χ0v) is 11.1. The van der Waals surface area contributed by atoms with E-state index in [9.17, 15) is 0 Å². The molecule has 0 aromatic heterocycles. The number of rotatable bonds is 3. The standard InChI is InChI=1S/C14H27N/c1-10(2)9-15-12-13(3,4)11-6-7-14(12,5)8-11/h10-12,15H,6-9H2,1-5H3/t11-,12?,14+/m0/s1. The van der Waals surface area contributed by atoms with E-state index in [0.29, 0.717) is 10.8 Å². The summed E-state index contributed by atoms with van der Waals surface area (Å²) < 4.78 is 0.